The molecular weight excluding hydrogens is 402 g/mol. The highest BCUT2D eigenvalue weighted by atomic mass is 28.4. The third kappa shape index (κ3) is 7.02. The summed E-state index contributed by atoms with van der Waals surface area (Å²) < 4.78 is 13.8. The molecule has 0 aromatic heterocycles. The minimum absolute atomic E-state index is 0.104. The van der Waals surface area contributed by atoms with Crippen molar-refractivity contribution in [1.29, 1.82) is 0 Å². The average Bonchev–Trinajstić information content (AvgIpc) is 2.60. The van der Waals surface area contributed by atoms with Gasteiger partial charge in [0.2, 0.25) is 0 Å². The molecule has 1 heterocycles. The minimum Gasteiger partial charge on any atom is -0.417 e. The van der Waals surface area contributed by atoms with E-state index in [1.165, 1.54) is 5.56 Å². The molecule has 0 N–H and O–H groups in total. The summed E-state index contributed by atoms with van der Waals surface area (Å²) in [5.74, 6) is 0.409. The van der Waals surface area contributed by atoms with Gasteiger partial charge < -0.3 is 8.85 Å². The molecule has 2 rings (SSSR count). The lowest BCUT2D eigenvalue weighted by atomic mass is 9.76. The van der Waals surface area contributed by atoms with Crippen LogP contribution < -0.4 is 0 Å². The maximum Gasteiger partial charge on any atom is 0.192 e. The highest BCUT2D eigenvalue weighted by Crippen LogP contribution is 2.42. The van der Waals surface area contributed by atoms with Crippen molar-refractivity contribution in [2.45, 2.75) is 97.9 Å². The summed E-state index contributed by atoms with van der Waals surface area (Å²) in [6.07, 6.45) is 1.62. The van der Waals surface area contributed by atoms with Crippen LogP contribution in [0, 0.1) is 11.3 Å². The van der Waals surface area contributed by atoms with Crippen LogP contribution in [0.5, 0.6) is 0 Å². The van der Waals surface area contributed by atoms with Gasteiger partial charge in [-0.1, -0.05) is 71.9 Å². The standard InChI is InChI=1S/C25H47NO2Si2/c1-24(2,3)23(27-29(7)8)21-19-26(18-20-14-12-11-13-15-20)17-16-22(21)28-30(9,10)25(4,5)6/h11-15,21-23,29H,16-19H2,1-10H3. The van der Waals surface area contributed by atoms with E-state index in [9.17, 15) is 0 Å². The molecule has 1 aliphatic heterocycles. The van der Waals surface area contributed by atoms with Crippen molar-refractivity contribution in [3.63, 3.8) is 0 Å². The Morgan fingerprint density at radius 2 is 1.67 bits per heavy atom. The van der Waals surface area contributed by atoms with Crippen molar-refractivity contribution in [2.24, 2.45) is 11.3 Å². The van der Waals surface area contributed by atoms with E-state index in [2.05, 4.69) is 103 Å². The van der Waals surface area contributed by atoms with Gasteiger partial charge in [-0.2, -0.15) is 0 Å². The van der Waals surface area contributed by atoms with Crippen LogP contribution in [-0.2, 0) is 15.4 Å². The van der Waals surface area contributed by atoms with Crippen LogP contribution in [0.15, 0.2) is 30.3 Å². The highest BCUT2D eigenvalue weighted by molar-refractivity contribution is 6.74. The molecule has 0 saturated carbocycles. The van der Waals surface area contributed by atoms with Gasteiger partial charge in [0.1, 0.15) is 0 Å². The van der Waals surface area contributed by atoms with Gasteiger partial charge >= 0.3 is 0 Å². The molecule has 1 saturated heterocycles. The Hall–Kier alpha value is -0.466. The monoisotopic (exact) mass is 449 g/mol. The van der Waals surface area contributed by atoms with Crippen molar-refractivity contribution < 1.29 is 8.85 Å². The van der Waals surface area contributed by atoms with Crippen molar-refractivity contribution in [3.8, 4) is 0 Å². The fourth-order valence-electron chi connectivity index (χ4n) is 4.25. The molecule has 0 bridgehead atoms. The van der Waals surface area contributed by atoms with E-state index in [0.717, 1.165) is 26.1 Å². The fraction of sp³-hybridized carbons (Fsp3) is 0.760. The van der Waals surface area contributed by atoms with Crippen LogP contribution in [0.1, 0.15) is 53.5 Å². The number of rotatable bonds is 7. The largest absolute Gasteiger partial charge is 0.417 e. The Bertz CT molecular complexity index is 649. The second kappa shape index (κ2) is 9.99. The molecule has 0 amide bonds. The SMILES string of the molecule is C[SiH](C)OC(C1CN(Cc2ccccc2)CCC1O[Si](C)(C)C(C)(C)C)C(C)(C)C. The molecule has 0 spiro atoms. The Labute approximate surface area is 189 Å². The number of likely N-dealkylation sites (tertiary alicyclic amines) is 1. The minimum atomic E-state index is -1.84. The summed E-state index contributed by atoms with van der Waals surface area (Å²) >= 11 is 0. The maximum atomic E-state index is 7.06. The Morgan fingerprint density at radius 3 is 2.17 bits per heavy atom. The molecule has 0 radical (unpaired) electrons. The Morgan fingerprint density at radius 1 is 1.07 bits per heavy atom. The number of hydrogen-bond donors (Lipinski definition) is 0. The average molecular weight is 450 g/mol. The van der Waals surface area contributed by atoms with Crippen LogP contribution in [0.3, 0.4) is 0 Å². The third-order valence-corrected chi connectivity index (χ3v) is 12.2. The summed E-state index contributed by atoms with van der Waals surface area (Å²) in [6.45, 7) is 26.6. The second-order valence-corrected chi connectivity index (χ2v) is 19.2. The first-order chi connectivity index (χ1) is 13.7. The molecule has 0 aliphatic carbocycles. The summed E-state index contributed by atoms with van der Waals surface area (Å²) in [5, 5.41) is 0.226. The molecule has 1 aromatic rings. The predicted octanol–water partition coefficient (Wildman–Crippen LogP) is 6.31. The van der Waals surface area contributed by atoms with Gasteiger partial charge in [-0.15, -0.1) is 0 Å². The van der Waals surface area contributed by atoms with Gasteiger partial charge in [0.25, 0.3) is 0 Å². The van der Waals surface area contributed by atoms with E-state index in [0.29, 0.717) is 5.92 Å². The topological polar surface area (TPSA) is 21.7 Å². The van der Waals surface area contributed by atoms with E-state index in [1.807, 2.05) is 0 Å². The van der Waals surface area contributed by atoms with Gasteiger partial charge in [0, 0.05) is 25.6 Å². The predicted molar refractivity (Wildman–Crippen MR) is 135 cm³/mol. The third-order valence-electron chi connectivity index (χ3n) is 6.84. The Balaban J connectivity index is 2.29. The van der Waals surface area contributed by atoms with Crippen LogP contribution in [0.25, 0.3) is 0 Å². The quantitative estimate of drug-likeness (QED) is 0.455. The molecule has 1 fully saturated rings. The molecule has 1 aliphatic rings. The van der Waals surface area contributed by atoms with Crippen molar-refractivity contribution in [3.05, 3.63) is 35.9 Å². The summed E-state index contributed by atoms with van der Waals surface area (Å²) in [7, 11) is -3.00. The first-order valence-electron chi connectivity index (χ1n) is 11.8. The number of piperidine rings is 1. The molecule has 3 atom stereocenters. The molecule has 3 unspecified atom stereocenters. The van der Waals surface area contributed by atoms with Gasteiger partial charge in [0.15, 0.2) is 17.4 Å². The van der Waals surface area contributed by atoms with Crippen LogP contribution in [-0.4, -0.2) is 47.6 Å². The zero-order chi connectivity index (χ0) is 22.7. The van der Waals surface area contributed by atoms with E-state index in [1.54, 1.807) is 0 Å². The zero-order valence-electron chi connectivity index (χ0n) is 21.3. The summed E-state index contributed by atoms with van der Waals surface area (Å²) in [5.41, 5.74) is 1.50. The zero-order valence-corrected chi connectivity index (χ0v) is 23.4. The van der Waals surface area contributed by atoms with Crippen molar-refractivity contribution >= 4 is 17.4 Å². The van der Waals surface area contributed by atoms with Crippen LogP contribution in [0.2, 0.25) is 31.2 Å². The van der Waals surface area contributed by atoms with E-state index in [-0.39, 0.29) is 22.7 Å². The van der Waals surface area contributed by atoms with E-state index >= 15 is 0 Å². The lowest BCUT2D eigenvalue weighted by Crippen LogP contribution is -2.57. The molecule has 1 aromatic carbocycles. The van der Waals surface area contributed by atoms with Gasteiger partial charge in [-0.3, -0.25) is 4.90 Å². The second-order valence-electron chi connectivity index (χ2n) is 12.1. The van der Waals surface area contributed by atoms with E-state index in [4.69, 9.17) is 8.85 Å². The van der Waals surface area contributed by atoms with Crippen LogP contribution >= 0.6 is 0 Å². The normalized spacial score (nSPS) is 23.0. The summed E-state index contributed by atoms with van der Waals surface area (Å²) in [6, 6.07) is 10.9. The van der Waals surface area contributed by atoms with Gasteiger partial charge in [0.05, 0.1) is 12.2 Å². The lowest BCUT2D eigenvalue weighted by molar-refractivity contribution is -0.0635. The summed E-state index contributed by atoms with van der Waals surface area (Å²) in [4.78, 5) is 2.62. The molecule has 5 heteroatoms. The fourth-order valence-corrected chi connectivity index (χ4v) is 6.85. The molecular formula is C25H47NO2Si2. The van der Waals surface area contributed by atoms with Crippen molar-refractivity contribution in [2.75, 3.05) is 13.1 Å². The molecule has 3 nitrogen and oxygen atoms in total. The van der Waals surface area contributed by atoms with Crippen molar-refractivity contribution in [1.82, 2.24) is 4.90 Å². The van der Waals surface area contributed by atoms with Gasteiger partial charge in [-0.05, 0) is 48.6 Å². The smallest absolute Gasteiger partial charge is 0.192 e. The van der Waals surface area contributed by atoms with Crippen LogP contribution in [0.4, 0.5) is 0 Å². The maximum absolute atomic E-state index is 7.06. The first-order valence-corrected chi connectivity index (χ1v) is 17.5. The Kier molecular flexibility index (Phi) is 8.59. The number of nitrogens with zero attached hydrogens (tertiary/aromatic N) is 1. The highest BCUT2D eigenvalue weighted by Gasteiger charge is 2.46. The number of benzene rings is 1. The number of hydrogen-bond acceptors (Lipinski definition) is 3. The first kappa shape index (κ1) is 25.8. The lowest BCUT2D eigenvalue weighted by Gasteiger charge is -2.50. The molecule has 30 heavy (non-hydrogen) atoms. The van der Waals surface area contributed by atoms with Gasteiger partial charge in [-0.25, -0.2) is 0 Å². The van der Waals surface area contributed by atoms with E-state index < -0.39 is 17.4 Å². The molecule has 172 valence electrons.